The number of nitrogens with one attached hydrogen (secondary N) is 1. The van der Waals surface area contributed by atoms with Gasteiger partial charge in [-0.1, -0.05) is 12.1 Å². The molecule has 7 heteroatoms. The minimum absolute atomic E-state index is 0.190. The molecular formula is C15H17NO4S2. The second-order valence-corrected chi connectivity index (χ2v) is 8.05. The van der Waals surface area contributed by atoms with E-state index < -0.39 is 9.84 Å². The second kappa shape index (κ2) is 6.50. The van der Waals surface area contributed by atoms with Gasteiger partial charge in [-0.15, -0.1) is 11.3 Å². The average Bonchev–Trinajstić information content (AvgIpc) is 2.97. The Morgan fingerprint density at radius 2 is 1.91 bits per heavy atom. The monoisotopic (exact) mass is 339 g/mol. The van der Waals surface area contributed by atoms with Gasteiger partial charge in [-0.05, 0) is 30.7 Å². The van der Waals surface area contributed by atoms with Gasteiger partial charge in [-0.25, -0.2) is 8.42 Å². The third kappa shape index (κ3) is 3.86. The number of methoxy groups -OCH3 is 1. The summed E-state index contributed by atoms with van der Waals surface area (Å²) in [7, 11) is -1.69. The molecule has 0 aliphatic carbocycles. The highest BCUT2D eigenvalue weighted by molar-refractivity contribution is 7.92. The van der Waals surface area contributed by atoms with Gasteiger partial charge in [-0.2, -0.15) is 0 Å². The summed E-state index contributed by atoms with van der Waals surface area (Å²) in [5, 5.41) is 4.39. The van der Waals surface area contributed by atoms with Crippen molar-refractivity contribution in [3.63, 3.8) is 0 Å². The maximum Gasteiger partial charge on any atom is 0.252 e. The molecule has 2 rings (SSSR count). The first-order valence-electron chi connectivity index (χ1n) is 6.54. The van der Waals surface area contributed by atoms with Crippen molar-refractivity contribution < 1.29 is 17.9 Å². The lowest BCUT2D eigenvalue weighted by Gasteiger charge is -2.14. The molecule has 1 heterocycles. The Bertz CT molecular complexity index is 763. The average molecular weight is 339 g/mol. The third-order valence-electron chi connectivity index (χ3n) is 3.17. The summed E-state index contributed by atoms with van der Waals surface area (Å²) in [6, 6.07) is 8.60. The highest BCUT2D eigenvalue weighted by Gasteiger charge is 2.16. The van der Waals surface area contributed by atoms with Gasteiger partial charge in [0.25, 0.3) is 5.91 Å². The lowest BCUT2D eigenvalue weighted by molar-refractivity contribution is 0.0940. The van der Waals surface area contributed by atoms with Gasteiger partial charge in [0.1, 0.15) is 9.96 Å². The number of benzene rings is 1. The van der Waals surface area contributed by atoms with Crippen molar-refractivity contribution in [2.24, 2.45) is 0 Å². The van der Waals surface area contributed by atoms with Crippen LogP contribution in [0.25, 0.3) is 0 Å². The van der Waals surface area contributed by atoms with Crippen LogP contribution in [0.2, 0.25) is 0 Å². The molecule has 22 heavy (non-hydrogen) atoms. The van der Waals surface area contributed by atoms with Crippen molar-refractivity contribution >= 4 is 27.1 Å². The molecule has 1 amide bonds. The van der Waals surface area contributed by atoms with E-state index in [9.17, 15) is 13.2 Å². The van der Waals surface area contributed by atoms with E-state index in [-0.39, 0.29) is 16.2 Å². The van der Waals surface area contributed by atoms with E-state index in [0.29, 0.717) is 5.56 Å². The van der Waals surface area contributed by atoms with Crippen molar-refractivity contribution in [1.29, 1.82) is 0 Å². The molecule has 1 unspecified atom stereocenters. The molecule has 0 aliphatic heterocycles. The van der Waals surface area contributed by atoms with E-state index in [1.165, 1.54) is 6.07 Å². The van der Waals surface area contributed by atoms with E-state index in [1.807, 2.05) is 31.2 Å². The molecule has 0 fully saturated rings. The quantitative estimate of drug-likeness (QED) is 0.909. The molecule has 1 N–H and O–H groups in total. The fourth-order valence-electron chi connectivity index (χ4n) is 1.89. The van der Waals surface area contributed by atoms with Crippen LogP contribution in [-0.4, -0.2) is 27.7 Å². The van der Waals surface area contributed by atoms with Crippen molar-refractivity contribution in [3.8, 4) is 5.75 Å². The van der Waals surface area contributed by atoms with Crippen LogP contribution < -0.4 is 10.1 Å². The van der Waals surface area contributed by atoms with E-state index >= 15 is 0 Å². The maximum absolute atomic E-state index is 12.2. The first-order valence-corrected chi connectivity index (χ1v) is 9.32. The van der Waals surface area contributed by atoms with E-state index in [2.05, 4.69) is 5.32 Å². The van der Waals surface area contributed by atoms with E-state index in [4.69, 9.17) is 4.74 Å². The molecule has 0 saturated carbocycles. The standard InChI is InChI=1S/C15H17NO4S2/c1-10(11-4-6-13(20-2)7-5-11)16-15(17)12-8-14(21-9-12)22(3,18)19/h4-10H,1-3H3,(H,16,17). The molecule has 0 saturated heterocycles. The summed E-state index contributed by atoms with van der Waals surface area (Å²) in [6.07, 6.45) is 1.13. The second-order valence-electron chi connectivity index (χ2n) is 4.89. The molecular weight excluding hydrogens is 322 g/mol. The van der Waals surface area contributed by atoms with Gasteiger partial charge in [0.15, 0.2) is 9.84 Å². The Morgan fingerprint density at radius 3 is 2.41 bits per heavy atom. The topological polar surface area (TPSA) is 72.5 Å². The van der Waals surface area contributed by atoms with Crippen LogP contribution in [0.3, 0.4) is 0 Å². The minimum Gasteiger partial charge on any atom is -0.497 e. The number of carbonyl (C=O) groups excluding carboxylic acids is 1. The summed E-state index contributed by atoms with van der Waals surface area (Å²) >= 11 is 1.05. The van der Waals surface area contributed by atoms with Gasteiger partial charge in [0.05, 0.1) is 18.7 Å². The van der Waals surface area contributed by atoms with Crippen molar-refractivity contribution in [2.75, 3.05) is 13.4 Å². The summed E-state index contributed by atoms with van der Waals surface area (Å²) in [5.74, 6) is 0.451. The molecule has 1 aromatic heterocycles. The normalized spacial score (nSPS) is 12.7. The predicted octanol–water partition coefficient (Wildman–Crippen LogP) is 2.65. The van der Waals surface area contributed by atoms with Crippen molar-refractivity contribution in [1.82, 2.24) is 5.32 Å². The van der Waals surface area contributed by atoms with Crippen LogP contribution in [-0.2, 0) is 9.84 Å². The lowest BCUT2D eigenvalue weighted by Crippen LogP contribution is -2.26. The number of amides is 1. The molecule has 2 aromatic rings. The van der Waals surface area contributed by atoms with Gasteiger partial charge in [0, 0.05) is 11.6 Å². The van der Waals surface area contributed by atoms with Gasteiger partial charge < -0.3 is 10.1 Å². The zero-order valence-corrected chi connectivity index (χ0v) is 14.1. The Balaban J connectivity index is 2.09. The lowest BCUT2D eigenvalue weighted by atomic mass is 10.1. The molecule has 0 radical (unpaired) electrons. The molecule has 5 nitrogen and oxygen atoms in total. The number of sulfone groups is 1. The fourth-order valence-corrected chi connectivity index (χ4v) is 3.68. The zero-order chi connectivity index (χ0) is 16.3. The Hall–Kier alpha value is -1.86. The molecule has 0 spiro atoms. The SMILES string of the molecule is COc1ccc(C(C)NC(=O)c2csc(S(C)(=O)=O)c2)cc1. The molecule has 1 atom stereocenters. The van der Waals surface area contributed by atoms with Gasteiger partial charge in [-0.3, -0.25) is 4.79 Å². The third-order valence-corrected chi connectivity index (χ3v) is 5.93. The minimum atomic E-state index is -3.28. The van der Waals surface area contributed by atoms with Crippen molar-refractivity contribution in [2.45, 2.75) is 17.2 Å². The number of hydrogen-bond donors (Lipinski definition) is 1. The summed E-state index contributed by atoms with van der Waals surface area (Å²) < 4.78 is 28.2. The number of rotatable bonds is 5. The van der Waals surface area contributed by atoms with Gasteiger partial charge in [0.2, 0.25) is 0 Å². The number of ether oxygens (including phenoxy) is 1. The van der Waals surface area contributed by atoms with Crippen LogP contribution in [0.15, 0.2) is 39.9 Å². The van der Waals surface area contributed by atoms with Crippen LogP contribution in [0.4, 0.5) is 0 Å². The highest BCUT2D eigenvalue weighted by Crippen LogP contribution is 2.22. The first-order chi connectivity index (χ1) is 10.3. The molecule has 0 aliphatic rings. The largest absolute Gasteiger partial charge is 0.497 e. The summed E-state index contributed by atoms with van der Waals surface area (Å²) in [6.45, 7) is 1.86. The number of hydrogen-bond acceptors (Lipinski definition) is 5. The first kappa shape index (κ1) is 16.5. The fraction of sp³-hybridized carbons (Fsp3) is 0.267. The molecule has 118 valence electrons. The van der Waals surface area contributed by atoms with Crippen LogP contribution in [0.1, 0.15) is 28.9 Å². The summed E-state index contributed by atoms with van der Waals surface area (Å²) in [4.78, 5) is 12.2. The van der Waals surface area contributed by atoms with E-state index in [0.717, 1.165) is 28.9 Å². The zero-order valence-electron chi connectivity index (χ0n) is 12.5. The van der Waals surface area contributed by atoms with Crippen LogP contribution in [0, 0.1) is 0 Å². The number of carbonyl (C=O) groups is 1. The smallest absolute Gasteiger partial charge is 0.252 e. The van der Waals surface area contributed by atoms with E-state index in [1.54, 1.807) is 12.5 Å². The molecule has 0 bridgehead atoms. The predicted molar refractivity (Wildman–Crippen MR) is 86.3 cm³/mol. The highest BCUT2D eigenvalue weighted by atomic mass is 32.2. The van der Waals surface area contributed by atoms with Crippen molar-refractivity contribution in [3.05, 3.63) is 46.8 Å². The Morgan fingerprint density at radius 1 is 1.27 bits per heavy atom. The van der Waals surface area contributed by atoms with Crippen LogP contribution in [0.5, 0.6) is 5.75 Å². The number of thiophene rings is 1. The maximum atomic E-state index is 12.2. The molecule has 1 aromatic carbocycles. The van der Waals surface area contributed by atoms with Gasteiger partial charge >= 0.3 is 0 Å². The Labute approximate surface area is 133 Å². The summed E-state index contributed by atoms with van der Waals surface area (Å²) in [5.41, 5.74) is 1.29. The Kier molecular flexibility index (Phi) is 4.87. The van der Waals surface area contributed by atoms with Crippen LogP contribution >= 0.6 is 11.3 Å².